The predicted molar refractivity (Wildman–Crippen MR) is 63.9 cm³/mol. The van der Waals surface area contributed by atoms with Gasteiger partial charge in [0.05, 0.1) is 19.1 Å². The zero-order chi connectivity index (χ0) is 12.3. The Balaban J connectivity index is 2.00. The van der Waals surface area contributed by atoms with Crippen LogP contribution in [0.25, 0.3) is 0 Å². The molecular weight excluding hydrogens is 218 g/mol. The number of aliphatic hydroxyl groups excluding tert-OH is 1. The number of carbonyl (C=O) groups excluding carboxylic acids is 1. The first kappa shape index (κ1) is 11.9. The first-order valence-corrected chi connectivity index (χ1v) is 5.85. The number of carbonyl (C=O) groups is 1. The molecule has 0 heterocycles. The van der Waals surface area contributed by atoms with E-state index >= 15 is 0 Å². The standard InChI is InChI=1S/C13H17NO3/c1-14-13(16)7-8-17-12-4-2-3-9-10(12)5-6-11(9)15/h2-4,11,15H,5-8H2,1H3,(H,14,16). The lowest BCUT2D eigenvalue weighted by molar-refractivity contribution is -0.121. The van der Waals surface area contributed by atoms with Crippen molar-refractivity contribution in [1.29, 1.82) is 0 Å². The van der Waals surface area contributed by atoms with Crippen LogP contribution in [-0.2, 0) is 11.2 Å². The van der Waals surface area contributed by atoms with Crippen LogP contribution in [0.3, 0.4) is 0 Å². The van der Waals surface area contributed by atoms with Crippen molar-refractivity contribution >= 4 is 5.91 Å². The number of amides is 1. The Kier molecular flexibility index (Phi) is 3.64. The van der Waals surface area contributed by atoms with Crippen molar-refractivity contribution in [3.8, 4) is 5.75 Å². The molecule has 1 unspecified atom stereocenters. The molecule has 0 bridgehead atoms. The van der Waals surface area contributed by atoms with Crippen molar-refractivity contribution < 1.29 is 14.6 Å². The van der Waals surface area contributed by atoms with Crippen molar-refractivity contribution in [3.63, 3.8) is 0 Å². The summed E-state index contributed by atoms with van der Waals surface area (Å²) in [5, 5.41) is 12.3. The van der Waals surface area contributed by atoms with Gasteiger partial charge in [0.2, 0.25) is 5.91 Å². The van der Waals surface area contributed by atoms with Gasteiger partial charge in [0.15, 0.2) is 0 Å². The first-order chi connectivity index (χ1) is 8.22. The summed E-state index contributed by atoms with van der Waals surface area (Å²) < 4.78 is 5.60. The second kappa shape index (κ2) is 5.19. The van der Waals surface area contributed by atoms with Gasteiger partial charge in [-0.05, 0) is 24.5 Å². The molecule has 2 rings (SSSR count). The normalized spacial score (nSPS) is 17.6. The number of benzene rings is 1. The van der Waals surface area contributed by atoms with E-state index in [9.17, 15) is 9.90 Å². The van der Waals surface area contributed by atoms with Gasteiger partial charge in [-0.25, -0.2) is 0 Å². The highest BCUT2D eigenvalue weighted by Crippen LogP contribution is 2.36. The molecule has 92 valence electrons. The lowest BCUT2D eigenvalue weighted by Gasteiger charge is -2.10. The summed E-state index contributed by atoms with van der Waals surface area (Å²) in [6, 6.07) is 5.70. The van der Waals surface area contributed by atoms with E-state index in [1.807, 2.05) is 18.2 Å². The second-order valence-electron chi connectivity index (χ2n) is 4.15. The van der Waals surface area contributed by atoms with Gasteiger partial charge >= 0.3 is 0 Å². The average molecular weight is 235 g/mol. The highest BCUT2D eigenvalue weighted by molar-refractivity contribution is 5.75. The van der Waals surface area contributed by atoms with E-state index in [-0.39, 0.29) is 12.0 Å². The number of hydrogen-bond acceptors (Lipinski definition) is 3. The molecule has 0 fully saturated rings. The fraction of sp³-hybridized carbons (Fsp3) is 0.462. The first-order valence-electron chi connectivity index (χ1n) is 5.85. The van der Waals surface area contributed by atoms with Crippen LogP contribution in [0.1, 0.15) is 30.1 Å². The van der Waals surface area contributed by atoms with Gasteiger partial charge in [0.25, 0.3) is 0 Å². The molecule has 17 heavy (non-hydrogen) atoms. The molecule has 4 heteroatoms. The molecule has 0 saturated carbocycles. The molecule has 1 aliphatic carbocycles. The number of hydrogen-bond donors (Lipinski definition) is 2. The highest BCUT2D eigenvalue weighted by Gasteiger charge is 2.23. The van der Waals surface area contributed by atoms with Crippen molar-refractivity contribution in [3.05, 3.63) is 29.3 Å². The molecule has 1 aromatic carbocycles. The van der Waals surface area contributed by atoms with E-state index in [2.05, 4.69) is 5.32 Å². The van der Waals surface area contributed by atoms with E-state index in [1.54, 1.807) is 7.05 Å². The van der Waals surface area contributed by atoms with Gasteiger partial charge < -0.3 is 15.2 Å². The molecule has 0 aliphatic heterocycles. The zero-order valence-electron chi connectivity index (χ0n) is 9.90. The quantitative estimate of drug-likeness (QED) is 0.824. The number of rotatable bonds is 4. The van der Waals surface area contributed by atoms with Crippen molar-refractivity contribution in [2.24, 2.45) is 0 Å². The smallest absolute Gasteiger partial charge is 0.223 e. The minimum absolute atomic E-state index is 0.0300. The van der Waals surface area contributed by atoms with Crippen LogP contribution in [0.5, 0.6) is 5.75 Å². The summed E-state index contributed by atoms with van der Waals surface area (Å²) in [6.45, 7) is 0.367. The van der Waals surface area contributed by atoms with Crippen LogP contribution in [0.15, 0.2) is 18.2 Å². The van der Waals surface area contributed by atoms with Gasteiger partial charge in [-0.1, -0.05) is 12.1 Å². The summed E-state index contributed by atoms with van der Waals surface area (Å²) in [4.78, 5) is 11.1. The molecule has 4 nitrogen and oxygen atoms in total. The van der Waals surface area contributed by atoms with E-state index in [1.165, 1.54) is 0 Å². The third-order valence-electron chi connectivity index (χ3n) is 3.06. The molecule has 1 atom stereocenters. The molecule has 2 N–H and O–H groups in total. The summed E-state index contributed by atoms with van der Waals surface area (Å²) in [6.07, 6.45) is 1.58. The predicted octanol–water partition coefficient (Wildman–Crippen LogP) is 1.18. The monoisotopic (exact) mass is 235 g/mol. The summed E-state index contributed by atoms with van der Waals surface area (Å²) >= 11 is 0. The Labute approximate surface area is 101 Å². The fourth-order valence-corrected chi connectivity index (χ4v) is 2.11. The lowest BCUT2D eigenvalue weighted by atomic mass is 10.1. The molecule has 1 aliphatic rings. The van der Waals surface area contributed by atoms with Crippen LogP contribution in [-0.4, -0.2) is 24.7 Å². The summed E-state index contributed by atoms with van der Waals surface area (Å²) in [5.74, 6) is 0.764. The lowest BCUT2D eigenvalue weighted by Crippen LogP contribution is -2.20. The Hall–Kier alpha value is -1.55. The topological polar surface area (TPSA) is 58.6 Å². The average Bonchev–Trinajstić information content (AvgIpc) is 2.72. The minimum atomic E-state index is -0.368. The van der Waals surface area contributed by atoms with Gasteiger partial charge in [-0.3, -0.25) is 4.79 Å². The van der Waals surface area contributed by atoms with Gasteiger partial charge in [-0.2, -0.15) is 0 Å². The van der Waals surface area contributed by atoms with Crippen LogP contribution >= 0.6 is 0 Å². The van der Waals surface area contributed by atoms with E-state index in [4.69, 9.17) is 4.74 Å². The van der Waals surface area contributed by atoms with Crippen LogP contribution in [0.4, 0.5) is 0 Å². The number of aliphatic hydroxyl groups is 1. The highest BCUT2D eigenvalue weighted by atomic mass is 16.5. The zero-order valence-corrected chi connectivity index (χ0v) is 9.90. The number of nitrogens with one attached hydrogen (secondary N) is 1. The van der Waals surface area contributed by atoms with Crippen LogP contribution < -0.4 is 10.1 Å². The number of ether oxygens (including phenoxy) is 1. The minimum Gasteiger partial charge on any atom is -0.493 e. The molecule has 0 saturated heterocycles. The molecule has 1 amide bonds. The van der Waals surface area contributed by atoms with Crippen LogP contribution in [0, 0.1) is 0 Å². The maximum atomic E-state index is 11.1. The van der Waals surface area contributed by atoms with E-state index < -0.39 is 0 Å². The molecular formula is C13H17NO3. The largest absolute Gasteiger partial charge is 0.493 e. The van der Waals surface area contributed by atoms with E-state index in [0.29, 0.717) is 13.0 Å². The number of fused-ring (bicyclic) bond motifs is 1. The van der Waals surface area contributed by atoms with Crippen molar-refractivity contribution in [1.82, 2.24) is 5.32 Å². The Morgan fingerprint density at radius 2 is 2.41 bits per heavy atom. The Bertz CT molecular complexity index is 417. The molecule has 1 aromatic rings. The molecule has 0 aromatic heterocycles. The third-order valence-corrected chi connectivity index (χ3v) is 3.06. The Morgan fingerprint density at radius 3 is 3.18 bits per heavy atom. The Morgan fingerprint density at radius 1 is 1.59 bits per heavy atom. The molecule has 0 radical (unpaired) electrons. The third kappa shape index (κ3) is 2.58. The van der Waals surface area contributed by atoms with E-state index in [0.717, 1.165) is 29.7 Å². The SMILES string of the molecule is CNC(=O)CCOc1cccc2c1CCC2O. The van der Waals surface area contributed by atoms with Crippen molar-refractivity contribution in [2.45, 2.75) is 25.4 Å². The fourth-order valence-electron chi connectivity index (χ4n) is 2.11. The van der Waals surface area contributed by atoms with Crippen molar-refractivity contribution in [2.75, 3.05) is 13.7 Å². The molecule has 0 spiro atoms. The second-order valence-corrected chi connectivity index (χ2v) is 4.15. The van der Waals surface area contributed by atoms with Gasteiger partial charge in [0, 0.05) is 12.6 Å². The van der Waals surface area contributed by atoms with Gasteiger partial charge in [-0.15, -0.1) is 0 Å². The van der Waals surface area contributed by atoms with Gasteiger partial charge in [0.1, 0.15) is 5.75 Å². The maximum Gasteiger partial charge on any atom is 0.223 e. The maximum absolute atomic E-state index is 11.1. The van der Waals surface area contributed by atoms with Crippen LogP contribution in [0.2, 0.25) is 0 Å². The summed E-state index contributed by atoms with van der Waals surface area (Å²) in [5.41, 5.74) is 2.04. The summed E-state index contributed by atoms with van der Waals surface area (Å²) in [7, 11) is 1.61.